The van der Waals surface area contributed by atoms with Crippen molar-refractivity contribution in [3.63, 3.8) is 0 Å². The molecule has 0 spiro atoms. The van der Waals surface area contributed by atoms with Gasteiger partial charge in [0.05, 0.1) is 17.2 Å². The van der Waals surface area contributed by atoms with Crippen LogP contribution in [0.3, 0.4) is 0 Å². The minimum atomic E-state index is -0.255. The van der Waals surface area contributed by atoms with Crippen LogP contribution in [0.1, 0.15) is 38.0 Å². The Bertz CT molecular complexity index is 743. The number of guanidine groups is 1. The zero-order chi connectivity index (χ0) is 18.4. The second-order valence-corrected chi connectivity index (χ2v) is 7.57. The molecule has 0 aliphatic rings. The Morgan fingerprint density at radius 3 is 2.62 bits per heavy atom. The molecule has 8 heteroatoms. The molecule has 2 rings (SSSR count). The first-order valence-corrected chi connectivity index (χ1v) is 8.92. The van der Waals surface area contributed by atoms with Crippen LogP contribution in [0, 0.1) is 5.82 Å². The van der Waals surface area contributed by atoms with Crippen LogP contribution < -0.4 is 10.6 Å². The lowest BCUT2D eigenvalue weighted by Gasteiger charge is -2.13. The van der Waals surface area contributed by atoms with Crippen molar-refractivity contribution < 1.29 is 8.81 Å². The van der Waals surface area contributed by atoms with Gasteiger partial charge in [-0.3, -0.25) is 4.99 Å². The number of nitrogens with zero attached hydrogens (tertiary/aromatic N) is 2. The van der Waals surface area contributed by atoms with E-state index >= 15 is 0 Å². The average molecular weight is 539 g/mol. The van der Waals surface area contributed by atoms with Crippen molar-refractivity contribution in [2.45, 2.75) is 39.2 Å². The predicted octanol–water partition coefficient (Wildman–Crippen LogP) is 4.40. The molecule has 5 nitrogen and oxygen atoms in total. The first-order valence-electron chi connectivity index (χ1n) is 8.13. The summed E-state index contributed by atoms with van der Waals surface area (Å²) >= 11 is 3.20. The molecule has 0 atom stereocenters. The maximum Gasteiger partial charge on any atom is 0.213 e. The SMILES string of the molecule is CN=C(NCCc1ccc(F)c(Br)c1)NCc1ncc(C(C)(C)C)o1.I. The van der Waals surface area contributed by atoms with Gasteiger partial charge >= 0.3 is 0 Å². The minimum absolute atomic E-state index is 0. The topological polar surface area (TPSA) is 62.5 Å². The van der Waals surface area contributed by atoms with Gasteiger partial charge in [0.1, 0.15) is 11.6 Å². The van der Waals surface area contributed by atoms with E-state index in [1.54, 1.807) is 25.4 Å². The Hall–Kier alpha value is -1.16. The number of hydrogen-bond acceptors (Lipinski definition) is 3. The molecule has 0 saturated heterocycles. The van der Waals surface area contributed by atoms with Crippen molar-refractivity contribution in [3.8, 4) is 0 Å². The molecule has 0 saturated carbocycles. The lowest BCUT2D eigenvalue weighted by atomic mass is 9.94. The van der Waals surface area contributed by atoms with Gasteiger partial charge in [-0.15, -0.1) is 24.0 Å². The van der Waals surface area contributed by atoms with Crippen LogP contribution in [-0.2, 0) is 18.4 Å². The van der Waals surface area contributed by atoms with Crippen molar-refractivity contribution in [1.29, 1.82) is 0 Å². The van der Waals surface area contributed by atoms with Crippen LogP contribution in [0.25, 0.3) is 0 Å². The average Bonchev–Trinajstić information content (AvgIpc) is 3.03. The number of halogens is 3. The predicted molar refractivity (Wildman–Crippen MR) is 117 cm³/mol. The van der Waals surface area contributed by atoms with E-state index in [1.807, 2.05) is 0 Å². The van der Waals surface area contributed by atoms with Crippen molar-refractivity contribution in [1.82, 2.24) is 15.6 Å². The summed E-state index contributed by atoms with van der Waals surface area (Å²) in [7, 11) is 1.71. The molecule has 1 aromatic heterocycles. The highest BCUT2D eigenvalue weighted by Gasteiger charge is 2.19. The molecule has 0 aliphatic carbocycles. The van der Waals surface area contributed by atoms with Gasteiger partial charge in [-0.25, -0.2) is 9.37 Å². The first-order chi connectivity index (χ1) is 11.8. The minimum Gasteiger partial charge on any atom is -0.443 e. The second kappa shape index (κ2) is 10.2. The van der Waals surface area contributed by atoms with Gasteiger partial charge in [-0.05, 0) is 40.0 Å². The van der Waals surface area contributed by atoms with E-state index in [4.69, 9.17) is 4.42 Å². The summed E-state index contributed by atoms with van der Waals surface area (Å²) in [5.74, 6) is 1.89. The fraction of sp³-hybridized carbons (Fsp3) is 0.444. The molecule has 0 radical (unpaired) electrons. The van der Waals surface area contributed by atoms with Gasteiger partial charge in [0.25, 0.3) is 0 Å². The highest BCUT2D eigenvalue weighted by molar-refractivity contribution is 14.0. The third kappa shape index (κ3) is 6.86. The number of oxazole rings is 1. The van der Waals surface area contributed by atoms with Crippen molar-refractivity contribution in [2.24, 2.45) is 4.99 Å². The normalized spacial score (nSPS) is 11.8. The fourth-order valence-electron chi connectivity index (χ4n) is 2.14. The molecule has 0 bridgehead atoms. The Kier molecular flexibility index (Phi) is 9.02. The van der Waals surface area contributed by atoms with Crippen LogP contribution in [0.4, 0.5) is 4.39 Å². The number of rotatable bonds is 5. The van der Waals surface area contributed by atoms with Gasteiger partial charge in [-0.1, -0.05) is 26.8 Å². The summed E-state index contributed by atoms with van der Waals surface area (Å²) in [4.78, 5) is 8.46. The fourth-order valence-corrected chi connectivity index (χ4v) is 2.57. The third-order valence-electron chi connectivity index (χ3n) is 3.61. The summed E-state index contributed by atoms with van der Waals surface area (Å²) in [6.45, 7) is 7.38. The highest BCUT2D eigenvalue weighted by Crippen LogP contribution is 2.22. The quantitative estimate of drug-likeness (QED) is 0.336. The van der Waals surface area contributed by atoms with Crippen LogP contribution >= 0.6 is 39.9 Å². The summed E-state index contributed by atoms with van der Waals surface area (Å²) in [5.41, 5.74) is 0.980. The van der Waals surface area contributed by atoms with Crippen LogP contribution in [0.5, 0.6) is 0 Å². The summed E-state index contributed by atoms with van der Waals surface area (Å²) in [6, 6.07) is 5.02. The van der Waals surface area contributed by atoms with E-state index in [9.17, 15) is 4.39 Å². The smallest absolute Gasteiger partial charge is 0.213 e. The number of aromatic nitrogens is 1. The molecule has 1 aromatic carbocycles. The Labute approximate surface area is 179 Å². The molecular weight excluding hydrogens is 514 g/mol. The zero-order valence-corrected chi connectivity index (χ0v) is 19.3. The number of aliphatic imine (C=N–C) groups is 1. The van der Waals surface area contributed by atoms with E-state index in [0.717, 1.165) is 17.7 Å². The number of nitrogens with one attached hydrogen (secondary N) is 2. The lowest BCUT2D eigenvalue weighted by Crippen LogP contribution is -2.37. The van der Waals surface area contributed by atoms with Gasteiger partial charge < -0.3 is 15.1 Å². The molecule has 2 aromatic rings. The molecule has 2 N–H and O–H groups in total. The third-order valence-corrected chi connectivity index (χ3v) is 4.22. The van der Waals surface area contributed by atoms with Crippen LogP contribution in [-0.4, -0.2) is 24.5 Å². The van der Waals surface area contributed by atoms with Gasteiger partial charge in [-0.2, -0.15) is 0 Å². The van der Waals surface area contributed by atoms with Gasteiger partial charge in [0.15, 0.2) is 5.96 Å². The monoisotopic (exact) mass is 538 g/mol. The Morgan fingerprint density at radius 2 is 2.04 bits per heavy atom. The largest absolute Gasteiger partial charge is 0.443 e. The Morgan fingerprint density at radius 1 is 1.31 bits per heavy atom. The summed E-state index contributed by atoms with van der Waals surface area (Å²) in [6.07, 6.45) is 2.52. The summed E-state index contributed by atoms with van der Waals surface area (Å²) < 4.78 is 19.5. The summed E-state index contributed by atoms with van der Waals surface area (Å²) in [5, 5.41) is 6.39. The van der Waals surface area contributed by atoms with E-state index < -0.39 is 0 Å². The van der Waals surface area contributed by atoms with E-state index in [-0.39, 0.29) is 35.2 Å². The molecule has 26 heavy (non-hydrogen) atoms. The molecule has 1 heterocycles. The molecule has 0 amide bonds. The van der Waals surface area contributed by atoms with Crippen molar-refractivity contribution in [2.75, 3.05) is 13.6 Å². The second-order valence-electron chi connectivity index (χ2n) is 6.72. The molecule has 144 valence electrons. The standard InChI is InChI=1S/C18H24BrFN4O.HI/c1-18(2,3)15-10-23-16(25-15)11-24-17(21-4)22-8-7-12-5-6-14(20)13(19)9-12;/h5-6,9-10H,7-8,11H2,1-4H3,(H2,21,22,24);1H. The Balaban J connectivity index is 0.00000338. The number of hydrogen-bond donors (Lipinski definition) is 2. The number of benzene rings is 1. The molecular formula is C18H25BrFIN4O. The molecule has 0 aliphatic heterocycles. The van der Waals surface area contributed by atoms with E-state index in [2.05, 4.69) is 57.3 Å². The maximum atomic E-state index is 13.2. The van der Waals surface area contributed by atoms with E-state index in [1.165, 1.54) is 6.07 Å². The van der Waals surface area contributed by atoms with Crippen molar-refractivity contribution >= 4 is 45.9 Å². The van der Waals surface area contributed by atoms with Gasteiger partial charge in [0.2, 0.25) is 5.89 Å². The maximum absolute atomic E-state index is 13.2. The van der Waals surface area contributed by atoms with Crippen LogP contribution in [0.2, 0.25) is 0 Å². The van der Waals surface area contributed by atoms with E-state index in [0.29, 0.717) is 29.4 Å². The van der Waals surface area contributed by atoms with Gasteiger partial charge in [0, 0.05) is 19.0 Å². The first kappa shape index (κ1) is 22.9. The molecule has 0 fully saturated rings. The van der Waals surface area contributed by atoms with Crippen LogP contribution in [0.15, 0.2) is 38.3 Å². The highest BCUT2D eigenvalue weighted by atomic mass is 127. The lowest BCUT2D eigenvalue weighted by molar-refractivity contribution is 0.379. The van der Waals surface area contributed by atoms with Crippen molar-refractivity contribution in [3.05, 3.63) is 51.9 Å². The molecule has 0 unspecified atom stereocenters. The zero-order valence-electron chi connectivity index (χ0n) is 15.4.